The number of aromatic carboxylic acids is 1. The van der Waals surface area contributed by atoms with Crippen molar-refractivity contribution in [3.63, 3.8) is 0 Å². The minimum atomic E-state index is -1.11. The summed E-state index contributed by atoms with van der Waals surface area (Å²) in [7, 11) is 2.95. The second-order valence-electron chi connectivity index (χ2n) is 4.98. The maximum atomic E-state index is 12.3. The highest BCUT2D eigenvalue weighted by Gasteiger charge is 2.13. The van der Waals surface area contributed by atoms with Gasteiger partial charge in [-0.2, -0.15) is 0 Å². The molecule has 0 saturated heterocycles. The number of anilines is 1. The van der Waals surface area contributed by atoms with E-state index in [-0.39, 0.29) is 21.4 Å². The Kier molecular flexibility index (Phi) is 6.37. The van der Waals surface area contributed by atoms with Crippen molar-refractivity contribution < 1.29 is 24.2 Å². The SMILES string of the molecule is COc1ccc(C(=O)NC(=S)Nc2cc(C(=O)O)ccc2Cl)cc1OC. The van der Waals surface area contributed by atoms with Crippen molar-refractivity contribution >= 4 is 46.5 Å². The van der Waals surface area contributed by atoms with E-state index in [9.17, 15) is 9.59 Å². The van der Waals surface area contributed by atoms with Crippen molar-refractivity contribution in [3.8, 4) is 11.5 Å². The van der Waals surface area contributed by atoms with Crippen molar-refractivity contribution in [1.29, 1.82) is 0 Å². The molecule has 2 rings (SSSR count). The molecule has 9 heteroatoms. The first-order valence-corrected chi connectivity index (χ1v) is 8.01. The van der Waals surface area contributed by atoms with Crippen LogP contribution in [-0.2, 0) is 0 Å². The lowest BCUT2D eigenvalue weighted by Crippen LogP contribution is -2.34. The molecule has 0 radical (unpaired) electrons. The van der Waals surface area contributed by atoms with Crippen LogP contribution in [0.5, 0.6) is 11.5 Å². The number of thiocarbonyl (C=S) groups is 1. The smallest absolute Gasteiger partial charge is 0.335 e. The number of rotatable bonds is 5. The molecule has 0 unspecified atom stereocenters. The zero-order chi connectivity index (χ0) is 19.3. The third-order valence-electron chi connectivity index (χ3n) is 3.33. The predicted octanol–water partition coefficient (Wildman–Crippen LogP) is 3.18. The van der Waals surface area contributed by atoms with Crippen LogP contribution in [0.15, 0.2) is 36.4 Å². The number of carbonyl (C=O) groups is 2. The monoisotopic (exact) mass is 394 g/mol. The van der Waals surface area contributed by atoms with Gasteiger partial charge < -0.3 is 19.9 Å². The van der Waals surface area contributed by atoms with Crippen molar-refractivity contribution in [2.24, 2.45) is 0 Å². The van der Waals surface area contributed by atoms with Crippen LogP contribution in [0.2, 0.25) is 5.02 Å². The lowest BCUT2D eigenvalue weighted by molar-refractivity contribution is 0.0696. The Morgan fingerprint density at radius 1 is 1.04 bits per heavy atom. The summed E-state index contributed by atoms with van der Waals surface area (Å²) in [6, 6.07) is 8.76. The van der Waals surface area contributed by atoms with Gasteiger partial charge in [0, 0.05) is 5.56 Å². The molecule has 3 N–H and O–H groups in total. The highest BCUT2D eigenvalue weighted by atomic mass is 35.5. The summed E-state index contributed by atoms with van der Waals surface area (Å²) in [6.45, 7) is 0. The molecule has 26 heavy (non-hydrogen) atoms. The molecule has 0 aliphatic carbocycles. The van der Waals surface area contributed by atoms with Crippen molar-refractivity contribution in [3.05, 3.63) is 52.5 Å². The number of hydrogen-bond donors (Lipinski definition) is 3. The number of carboxylic acids is 1. The summed E-state index contributed by atoms with van der Waals surface area (Å²) < 4.78 is 10.3. The number of halogens is 1. The Morgan fingerprint density at radius 3 is 2.31 bits per heavy atom. The van der Waals surface area contributed by atoms with Gasteiger partial charge in [-0.05, 0) is 48.6 Å². The Balaban J connectivity index is 2.12. The molecule has 0 aliphatic rings. The minimum Gasteiger partial charge on any atom is -0.493 e. The van der Waals surface area contributed by atoms with E-state index < -0.39 is 11.9 Å². The minimum absolute atomic E-state index is 0.0331. The second-order valence-corrected chi connectivity index (χ2v) is 5.79. The van der Waals surface area contributed by atoms with Gasteiger partial charge in [0.25, 0.3) is 5.91 Å². The van der Waals surface area contributed by atoms with Crippen LogP contribution in [0, 0.1) is 0 Å². The zero-order valence-corrected chi connectivity index (χ0v) is 15.4. The molecule has 0 fully saturated rings. The number of amides is 1. The number of benzene rings is 2. The normalized spacial score (nSPS) is 9.96. The Labute approximate surface area is 159 Å². The van der Waals surface area contributed by atoms with Gasteiger partial charge in [-0.1, -0.05) is 11.6 Å². The first-order valence-electron chi connectivity index (χ1n) is 7.23. The molecular weight excluding hydrogens is 380 g/mol. The summed E-state index contributed by atoms with van der Waals surface area (Å²) in [6.07, 6.45) is 0. The standard InChI is InChI=1S/C17H15ClN2O5S/c1-24-13-6-4-9(8-14(13)25-2)15(21)20-17(26)19-12-7-10(16(22)23)3-5-11(12)18/h3-8H,1-2H3,(H,22,23)(H2,19,20,21,26). The fraction of sp³-hybridized carbons (Fsp3) is 0.118. The molecule has 0 heterocycles. The van der Waals surface area contributed by atoms with Crippen LogP contribution >= 0.6 is 23.8 Å². The first kappa shape index (κ1) is 19.5. The van der Waals surface area contributed by atoms with E-state index in [2.05, 4.69) is 10.6 Å². The third-order valence-corrected chi connectivity index (χ3v) is 3.87. The largest absolute Gasteiger partial charge is 0.493 e. The van der Waals surface area contributed by atoms with E-state index in [1.54, 1.807) is 12.1 Å². The van der Waals surface area contributed by atoms with Gasteiger partial charge in [0.05, 0.1) is 30.5 Å². The Bertz CT molecular complexity index is 872. The topological polar surface area (TPSA) is 96.9 Å². The molecule has 1 amide bonds. The van der Waals surface area contributed by atoms with Crippen LogP contribution in [0.4, 0.5) is 5.69 Å². The van der Waals surface area contributed by atoms with Crippen LogP contribution < -0.4 is 20.1 Å². The first-order chi connectivity index (χ1) is 12.3. The molecule has 0 spiro atoms. The lowest BCUT2D eigenvalue weighted by atomic mass is 10.2. The van der Waals surface area contributed by atoms with Crippen molar-refractivity contribution in [2.75, 3.05) is 19.5 Å². The van der Waals surface area contributed by atoms with Crippen LogP contribution in [0.3, 0.4) is 0 Å². The second kappa shape index (κ2) is 8.50. The quantitative estimate of drug-likeness (QED) is 0.670. The van der Waals surface area contributed by atoms with Gasteiger partial charge in [-0.25, -0.2) is 4.79 Å². The molecule has 136 valence electrons. The van der Waals surface area contributed by atoms with E-state index in [1.165, 1.54) is 38.5 Å². The fourth-order valence-electron chi connectivity index (χ4n) is 2.06. The maximum absolute atomic E-state index is 12.3. The predicted molar refractivity (Wildman–Crippen MR) is 102 cm³/mol. The van der Waals surface area contributed by atoms with Crippen LogP contribution in [0.25, 0.3) is 0 Å². The maximum Gasteiger partial charge on any atom is 0.335 e. The Morgan fingerprint density at radius 2 is 1.69 bits per heavy atom. The molecule has 2 aromatic rings. The van der Waals surface area contributed by atoms with Crippen molar-refractivity contribution in [2.45, 2.75) is 0 Å². The molecule has 0 aliphatic heterocycles. The van der Waals surface area contributed by atoms with E-state index in [0.29, 0.717) is 17.1 Å². The summed E-state index contributed by atoms with van der Waals surface area (Å²) in [5, 5.41) is 14.4. The molecule has 0 bridgehead atoms. The van der Waals surface area contributed by atoms with Gasteiger partial charge in [0.1, 0.15) is 0 Å². The van der Waals surface area contributed by atoms with Crippen LogP contribution in [0.1, 0.15) is 20.7 Å². The number of methoxy groups -OCH3 is 2. The molecule has 2 aromatic carbocycles. The van der Waals surface area contributed by atoms with E-state index in [1.807, 2.05) is 0 Å². The molecule has 0 aromatic heterocycles. The van der Waals surface area contributed by atoms with Crippen molar-refractivity contribution in [1.82, 2.24) is 5.32 Å². The number of hydrogen-bond acceptors (Lipinski definition) is 5. The van der Waals surface area contributed by atoms with Gasteiger partial charge >= 0.3 is 5.97 Å². The highest BCUT2D eigenvalue weighted by molar-refractivity contribution is 7.80. The summed E-state index contributed by atoms with van der Waals surface area (Å²) in [5.74, 6) is -0.697. The molecular formula is C17H15ClN2O5S. The summed E-state index contributed by atoms with van der Waals surface area (Å²) >= 11 is 11.1. The number of nitrogens with one attached hydrogen (secondary N) is 2. The average molecular weight is 395 g/mol. The van der Waals surface area contributed by atoms with Gasteiger partial charge in [-0.15, -0.1) is 0 Å². The number of ether oxygens (including phenoxy) is 2. The number of carboxylic acid groups (broad SMARTS) is 1. The molecule has 0 atom stereocenters. The highest BCUT2D eigenvalue weighted by Crippen LogP contribution is 2.27. The fourth-order valence-corrected chi connectivity index (χ4v) is 2.43. The number of carbonyl (C=O) groups excluding carboxylic acids is 1. The van der Waals surface area contributed by atoms with Gasteiger partial charge in [-0.3, -0.25) is 10.1 Å². The van der Waals surface area contributed by atoms with Crippen LogP contribution in [-0.4, -0.2) is 36.3 Å². The van der Waals surface area contributed by atoms with Gasteiger partial charge in [0.15, 0.2) is 16.6 Å². The lowest BCUT2D eigenvalue weighted by Gasteiger charge is -2.13. The van der Waals surface area contributed by atoms with E-state index in [0.717, 1.165) is 0 Å². The third kappa shape index (κ3) is 4.62. The molecule has 0 saturated carbocycles. The van der Waals surface area contributed by atoms with E-state index in [4.69, 9.17) is 38.4 Å². The Hall–Kier alpha value is -2.84. The summed E-state index contributed by atoms with van der Waals surface area (Å²) in [5.41, 5.74) is 0.604. The van der Waals surface area contributed by atoms with Gasteiger partial charge in [0.2, 0.25) is 0 Å². The average Bonchev–Trinajstić information content (AvgIpc) is 2.62. The molecule has 7 nitrogen and oxygen atoms in total. The zero-order valence-electron chi connectivity index (χ0n) is 13.8. The summed E-state index contributed by atoms with van der Waals surface area (Å²) in [4.78, 5) is 23.3. The van der Waals surface area contributed by atoms with E-state index >= 15 is 0 Å².